The molecule has 0 bridgehead atoms. The highest BCUT2D eigenvalue weighted by Gasteiger charge is 2.21. The lowest BCUT2D eigenvalue weighted by Gasteiger charge is -2.25. The molecule has 1 saturated heterocycles. The highest BCUT2D eigenvalue weighted by Crippen LogP contribution is 2.33. The van der Waals surface area contributed by atoms with Gasteiger partial charge < -0.3 is 10.2 Å². The molecule has 1 aliphatic rings. The molecule has 7 heteroatoms. The number of anilines is 2. The molecule has 0 radical (unpaired) electrons. The molecule has 1 aliphatic heterocycles. The second-order valence-electron chi connectivity index (χ2n) is 7.38. The van der Waals surface area contributed by atoms with Gasteiger partial charge in [-0.15, -0.1) is 12.4 Å². The summed E-state index contributed by atoms with van der Waals surface area (Å²) in [6, 6.07) is 19.0. The lowest BCUT2D eigenvalue weighted by molar-refractivity contribution is 0.602. The predicted molar refractivity (Wildman–Crippen MR) is 128 cm³/mol. The van der Waals surface area contributed by atoms with E-state index >= 15 is 0 Å². The quantitative estimate of drug-likeness (QED) is 0.610. The van der Waals surface area contributed by atoms with Crippen molar-refractivity contribution < 1.29 is 8.42 Å². The molecular formula is C23H28ClN3O2S. The highest BCUT2D eigenvalue weighted by atomic mass is 35.5. The maximum atomic E-state index is 13.2. The van der Waals surface area contributed by atoms with Gasteiger partial charge in [0.15, 0.2) is 0 Å². The molecular weight excluding hydrogens is 418 g/mol. The first-order valence-electron chi connectivity index (χ1n) is 10.2. The van der Waals surface area contributed by atoms with Crippen molar-refractivity contribution in [2.45, 2.75) is 24.7 Å². The molecule has 3 aromatic rings. The molecule has 2 N–H and O–H groups in total. The Hall–Kier alpha value is -2.28. The Labute approximate surface area is 184 Å². The van der Waals surface area contributed by atoms with Gasteiger partial charge in [0.05, 0.1) is 4.90 Å². The third-order valence-electron chi connectivity index (χ3n) is 5.42. The molecule has 0 aromatic heterocycles. The summed E-state index contributed by atoms with van der Waals surface area (Å²) < 4.78 is 29.2. The van der Waals surface area contributed by atoms with Crippen LogP contribution in [0.15, 0.2) is 65.6 Å². The molecule has 4 rings (SSSR count). The SMILES string of the molecule is CCc1cccc(NS(=O)(=O)c2ccc(N3CCCNCC3)c3ccccc23)c1.Cl. The van der Waals surface area contributed by atoms with E-state index < -0.39 is 10.0 Å². The maximum Gasteiger partial charge on any atom is 0.262 e. The second kappa shape index (κ2) is 9.69. The Morgan fingerprint density at radius 1 is 0.967 bits per heavy atom. The first kappa shape index (κ1) is 22.4. The van der Waals surface area contributed by atoms with Gasteiger partial charge in [0.1, 0.15) is 0 Å². The van der Waals surface area contributed by atoms with Crippen LogP contribution in [-0.2, 0) is 16.4 Å². The minimum Gasteiger partial charge on any atom is -0.370 e. The van der Waals surface area contributed by atoms with Crippen molar-refractivity contribution in [1.82, 2.24) is 5.32 Å². The van der Waals surface area contributed by atoms with Crippen LogP contribution in [0, 0.1) is 0 Å². The Balaban J connectivity index is 0.00000256. The van der Waals surface area contributed by atoms with Crippen LogP contribution in [0.5, 0.6) is 0 Å². The third-order valence-corrected chi connectivity index (χ3v) is 6.86. The average Bonchev–Trinajstić information content (AvgIpc) is 3.02. The Morgan fingerprint density at radius 2 is 1.77 bits per heavy atom. The summed E-state index contributed by atoms with van der Waals surface area (Å²) in [6.45, 7) is 5.88. The number of nitrogens with one attached hydrogen (secondary N) is 2. The summed E-state index contributed by atoms with van der Waals surface area (Å²) in [7, 11) is -3.70. The molecule has 0 amide bonds. The minimum absolute atomic E-state index is 0. The minimum atomic E-state index is -3.70. The summed E-state index contributed by atoms with van der Waals surface area (Å²) >= 11 is 0. The van der Waals surface area contributed by atoms with Crippen molar-refractivity contribution in [3.05, 3.63) is 66.2 Å². The Kier molecular flexibility index (Phi) is 7.23. The van der Waals surface area contributed by atoms with Crippen molar-refractivity contribution in [1.29, 1.82) is 0 Å². The van der Waals surface area contributed by atoms with Crippen LogP contribution < -0.4 is 14.9 Å². The topological polar surface area (TPSA) is 61.4 Å². The van der Waals surface area contributed by atoms with E-state index in [1.165, 1.54) is 0 Å². The van der Waals surface area contributed by atoms with Crippen LogP contribution >= 0.6 is 12.4 Å². The molecule has 0 unspecified atom stereocenters. The molecule has 1 heterocycles. The zero-order valence-electron chi connectivity index (χ0n) is 17.1. The van der Waals surface area contributed by atoms with E-state index in [9.17, 15) is 8.42 Å². The van der Waals surface area contributed by atoms with E-state index in [4.69, 9.17) is 0 Å². The van der Waals surface area contributed by atoms with Gasteiger partial charge in [-0.1, -0.05) is 43.3 Å². The molecule has 0 saturated carbocycles. The fourth-order valence-corrected chi connectivity index (χ4v) is 5.18. The lowest BCUT2D eigenvalue weighted by Crippen LogP contribution is -2.28. The van der Waals surface area contributed by atoms with Gasteiger partial charge >= 0.3 is 0 Å². The number of nitrogens with zero attached hydrogens (tertiary/aromatic N) is 1. The van der Waals surface area contributed by atoms with Crippen molar-refractivity contribution in [3.8, 4) is 0 Å². The van der Waals surface area contributed by atoms with E-state index in [0.717, 1.165) is 61.0 Å². The Bertz CT molecular complexity index is 1110. The number of sulfonamides is 1. The summed E-state index contributed by atoms with van der Waals surface area (Å²) in [4.78, 5) is 2.66. The summed E-state index contributed by atoms with van der Waals surface area (Å²) in [6.07, 6.45) is 1.93. The fraction of sp³-hybridized carbons (Fsp3) is 0.304. The largest absolute Gasteiger partial charge is 0.370 e. The van der Waals surface area contributed by atoms with Crippen LogP contribution in [0.4, 0.5) is 11.4 Å². The molecule has 5 nitrogen and oxygen atoms in total. The summed E-state index contributed by atoms with van der Waals surface area (Å²) in [5.74, 6) is 0. The smallest absolute Gasteiger partial charge is 0.262 e. The molecule has 0 spiro atoms. The highest BCUT2D eigenvalue weighted by molar-refractivity contribution is 7.93. The molecule has 30 heavy (non-hydrogen) atoms. The van der Waals surface area contributed by atoms with Crippen molar-refractivity contribution >= 4 is 44.6 Å². The van der Waals surface area contributed by atoms with E-state index in [1.54, 1.807) is 12.1 Å². The zero-order valence-corrected chi connectivity index (χ0v) is 18.7. The second-order valence-corrected chi connectivity index (χ2v) is 9.03. The number of hydrogen-bond acceptors (Lipinski definition) is 4. The van der Waals surface area contributed by atoms with Gasteiger partial charge in [-0.2, -0.15) is 0 Å². The van der Waals surface area contributed by atoms with Gasteiger partial charge in [-0.3, -0.25) is 4.72 Å². The van der Waals surface area contributed by atoms with E-state index in [-0.39, 0.29) is 12.4 Å². The number of benzene rings is 3. The maximum absolute atomic E-state index is 13.2. The van der Waals surface area contributed by atoms with Gasteiger partial charge in [0, 0.05) is 41.8 Å². The molecule has 0 atom stereocenters. The number of rotatable bonds is 5. The Morgan fingerprint density at radius 3 is 2.57 bits per heavy atom. The van der Waals surface area contributed by atoms with Crippen molar-refractivity contribution in [2.75, 3.05) is 35.8 Å². The van der Waals surface area contributed by atoms with Gasteiger partial charge in [0.25, 0.3) is 10.0 Å². The van der Waals surface area contributed by atoms with E-state index in [1.807, 2.05) is 48.5 Å². The lowest BCUT2D eigenvalue weighted by atomic mass is 10.1. The molecule has 3 aromatic carbocycles. The van der Waals surface area contributed by atoms with E-state index in [0.29, 0.717) is 10.6 Å². The summed E-state index contributed by atoms with van der Waals surface area (Å²) in [5, 5.41) is 5.14. The molecule has 1 fully saturated rings. The van der Waals surface area contributed by atoms with Crippen molar-refractivity contribution in [2.24, 2.45) is 0 Å². The van der Waals surface area contributed by atoms with Crippen LogP contribution in [0.25, 0.3) is 10.8 Å². The predicted octanol–water partition coefficient (Wildman–Crippen LogP) is 4.42. The van der Waals surface area contributed by atoms with Crippen LogP contribution in [0.3, 0.4) is 0 Å². The molecule has 160 valence electrons. The van der Waals surface area contributed by atoms with Crippen LogP contribution in [0.1, 0.15) is 18.9 Å². The van der Waals surface area contributed by atoms with Crippen LogP contribution in [-0.4, -0.2) is 34.6 Å². The summed E-state index contributed by atoms with van der Waals surface area (Å²) in [5.41, 5.74) is 2.78. The first-order valence-corrected chi connectivity index (χ1v) is 11.7. The number of halogens is 1. The van der Waals surface area contributed by atoms with Crippen LogP contribution in [0.2, 0.25) is 0 Å². The van der Waals surface area contributed by atoms with Crippen molar-refractivity contribution in [3.63, 3.8) is 0 Å². The standard InChI is InChI=1S/C23H27N3O2S.ClH/c1-2-18-7-5-8-19(17-18)25-29(27,28)23-12-11-22(20-9-3-4-10-21(20)23)26-15-6-13-24-14-16-26;/h3-5,7-12,17,24-25H,2,6,13-16H2,1H3;1H. The number of aryl methyl sites for hydroxylation is 1. The van der Waals surface area contributed by atoms with Gasteiger partial charge in [-0.25, -0.2) is 8.42 Å². The van der Waals surface area contributed by atoms with Gasteiger partial charge in [0.2, 0.25) is 0 Å². The average molecular weight is 446 g/mol. The van der Waals surface area contributed by atoms with E-state index in [2.05, 4.69) is 21.9 Å². The van der Waals surface area contributed by atoms with Gasteiger partial charge in [-0.05, 0) is 49.2 Å². The zero-order chi connectivity index (χ0) is 20.3. The fourth-order valence-electron chi connectivity index (χ4n) is 3.92. The first-order chi connectivity index (χ1) is 14.1. The number of fused-ring (bicyclic) bond motifs is 1. The molecule has 0 aliphatic carbocycles. The third kappa shape index (κ3) is 4.72. The normalized spacial score (nSPS) is 14.8. The number of hydrogen-bond donors (Lipinski definition) is 2. The monoisotopic (exact) mass is 445 g/mol.